The van der Waals surface area contributed by atoms with Crippen molar-refractivity contribution in [2.75, 3.05) is 18.4 Å². The molecule has 7 nitrogen and oxygen atoms in total. The van der Waals surface area contributed by atoms with Crippen molar-refractivity contribution >= 4 is 17.6 Å². The van der Waals surface area contributed by atoms with Gasteiger partial charge in [0, 0.05) is 25.3 Å². The van der Waals surface area contributed by atoms with Gasteiger partial charge < -0.3 is 15.5 Å². The molecule has 0 aromatic carbocycles. The molecule has 3 rings (SSSR count). The van der Waals surface area contributed by atoms with E-state index in [1.54, 1.807) is 17.1 Å². The molecular formula is C18H29N5O2. The smallest absolute Gasteiger partial charge is 0.321 e. The minimum atomic E-state index is -0.0724. The molecule has 138 valence electrons. The van der Waals surface area contributed by atoms with Gasteiger partial charge >= 0.3 is 6.03 Å². The van der Waals surface area contributed by atoms with Gasteiger partial charge in [-0.2, -0.15) is 5.10 Å². The summed E-state index contributed by atoms with van der Waals surface area (Å²) in [6.07, 6.45) is 13.6. The average Bonchev–Trinajstić information content (AvgIpc) is 3.19. The van der Waals surface area contributed by atoms with Crippen LogP contribution in [0.1, 0.15) is 57.8 Å². The Kier molecular flexibility index (Phi) is 6.30. The van der Waals surface area contributed by atoms with Crippen molar-refractivity contribution in [3.63, 3.8) is 0 Å². The second-order valence-corrected chi connectivity index (χ2v) is 7.16. The lowest BCUT2D eigenvalue weighted by atomic mass is 10.1. The molecule has 1 saturated heterocycles. The van der Waals surface area contributed by atoms with Crippen molar-refractivity contribution in [2.45, 2.75) is 70.4 Å². The molecule has 2 heterocycles. The fourth-order valence-electron chi connectivity index (χ4n) is 3.66. The number of likely N-dealkylation sites (tertiary alicyclic amines) is 1. The molecule has 0 atom stereocenters. The normalized spacial score (nSPS) is 19.3. The highest BCUT2D eigenvalue weighted by molar-refractivity contribution is 5.89. The third-order valence-electron chi connectivity index (χ3n) is 5.05. The third-order valence-corrected chi connectivity index (χ3v) is 5.05. The lowest BCUT2D eigenvalue weighted by Crippen LogP contribution is -2.37. The fourth-order valence-corrected chi connectivity index (χ4v) is 3.66. The summed E-state index contributed by atoms with van der Waals surface area (Å²) in [7, 11) is 0. The van der Waals surface area contributed by atoms with Gasteiger partial charge in [-0.25, -0.2) is 4.79 Å². The first-order valence-electron chi connectivity index (χ1n) is 9.58. The number of nitrogens with zero attached hydrogens (tertiary/aromatic N) is 3. The largest absolute Gasteiger partial charge is 0.352 e. The highest BCUT2D eigenvalue weighted by Gasteiger charge is 2.18. The summed E-state index contributed by atoms with van der Waals surface area (Å²) in [5, 5.41) is 10.1. The molecule has 1 aromatic rings. The Hall–Kier alpha value is -2.05. The predicted octanol–water partition coefficient (Wildman–Crippen LogP) is 2.74. The van der Waals surface area contributed by atoms with Gasteiger partial charge in [-0.3, -0.25) is 9.48 Å². The van der Waals surface area contributed by atoms with Gasteiger partial charge in [0.15, 0.2) is 0 Å². The van der Waals surface area contributed by atoms with E-state index in [1.165, 1.54) is 32.1 Å². The van der Waals surface area contributed by atoms with Crippen LogP contribution >= 0.6 is 0 Å². The quantitative estimate of drug-likeness (QED) is 0.879. The van der Waals surface area contributed by atoms with Crippen LogP contribution in [0.25, 0.3) is 0 Å². The standard InChI is InChI=1S/C18H29N5O2/c24-17(20-15-8-4-5-9-15)14-23-13-16(12-19-23)21-18(25)22-10-6-2-1-3-7-11-22/h12-13,15H,1-11,14H2,(H,20,24)(H,21,25). The number of hydrogen-bond donors (Lipinski definition) is 2. The number of amides is 3. The van der Waals surface area contributed by atoms with Gasteiger partial charge in [-0.05, 0) is 25.7 Å². The molecule has 1 aromatic heterocycles. The molecule has 1 aliphatic carbocycles. The summed E-state index contributed by atoms with van der Waals surface area (Å²) < 4.78 is 1.58. The van der Waals surface area contributed by atoms with Crippen molar-refractivity contribution in [3.8, 4) is 0 Å². The van der Waals surface area contributed by atoms with Crippen molar-refractivity contribution in [3.05, 3.63) is 12.4 Å². The summed E-state index contributed by atoms with van der Waals surface area (Å²) in [6, 6.07) is 0.242. The topological polar surface area (TPSA) is 79.3 Å². The lowest BCUT2D eigenvalue weighted by Gasteiger charge is -2.24. The minimum absolute atomic E-state index is 0.0170. The molecule has 0 radical (unpaired) electrons. The molecule has 0 bridgehead atoms. The molecule has 1 saturated carbocycles. The summed E-state index contributed by atoms with van der Waals surface area (Å²) in [6.45, 7) is 1.81. The Morgan fingerprint density at radius 1 is 1.04 bits per heavy atom. The second kappa shape index (κ2) is 8.87. The minimum Gasteiger partial charge on any atom is -0.352 e. The van der Waals surface area contributed by atoms with E-state index in [9.17, 15) is 9.59 Å². The summed E-state index contributed by atoms with van der Waals surface area (Å²) in [5.41, 5.74) is 0.640. The van der Waals surface area contributed by atoms with Crippen LogP contribution in [0.2, 0.25) is 0 Å². The van der Waals surface area contributed by atoms with Crippen LogP contribution in [-0.4, -0.2) is 45.8 Å². The van der Waals surface area contributed by atoms with Crippen LogP contribution in [0.5, 0.6) is 0 Å². The van der Waals surface area contributed by atoms with Gasteiger partial charge in [0.1, 0.15) is 6.54 Å². The van der Waals surface area contributed by atoms with Gasteiger partial charge in [0.2, 0.25) is 5.91 Å². The molecule has 1 aliphatic heterocycles. The van der Waals surface area contributed by atoms with Gasteiger partial charge in [0.05, 0.1) is 11.9 Å². The zero-order valence-electron chi connectivity index (χ0n) is 14.9. The van der Waals surface area contributed by atoms with Crippen molar-refractivity contribution in [1.29, 1.82) is 0 Å². The number of anilines is 1. The second-order valence-electron chi connectivity index (χ2n) is 7.16. The van der Waals surface area contributed by atoms with E-state index in [0.29, 0.717) is 11.7 Å². The van der Waals surface area contributed by atoms with E-state index in [0.717, 1.165) is 38.8 Å². The summed E-state index contributed by atoms with van der Waals surface area (Å²) in [5.74, 6) is -0.0170. The summed E-state index contributed by atoms with van der Waals surface area (Å²) in [4.78, 5) is 26.3. The molecule has 25 heavy (non-hydrogen) atoms. The highest BCUT2D eigenvalue weighted by atomic mass is 16.2. The van der Waals surface area contributed by atoms with Crippen molar-refractivity contribution in [2.24, 2.45) is 0 Å². The molecule has 2 aliphatic rings. The van der Waals surface area contributed by atoms with E-state index in [-0.39, 0.29) is 18.5 Å². The molecule has 0 unspecified atom stereocenters. The first kappa shape index (κ1) is 17.8. The zero-order chi connectivity index (χ0) is 17.5. The Morgan fingerprint density at radius 2 is 1.72 bits per heavy atom. The van der Waals surface area contributed by atoms with Crippen LogP contribution < -0.4 is 10.6 Å². The highest BCUT2D eigenvalue weighted by Crippen LogP contribution is 2.17. The van der Waals surface area contributed by atoms with E-state index < -0.39 is 0 Å². The molecule has 2 N–H and O–H groups in total. The summed E-state index contributed by atoms with van der Waals surface area (Å²) >= 11 is 0. The number of nitrogens with one attached hydrogen (secondary N) is 2. The van der Waals surface area contributed by atoms with Crippen LogP contribution in [0.15, 0.2) is 12.4 Å². The van der Waals surface area contributed by atoms with E-state index in [4.69, 9.17) is 0 Å². The SMILES string of the molecule is O=C(Cn1cc(NC(=O)N2CCCCCCC2)cn1)NC1CCCC1. The van der Waals surface area contributed by atoms with Crippen molar-refractivity contribution in [1.82, 2.24) is 20.0 Å². The number of carbonyl (C=O) groups excluding carboxylic acids is 2. The average molecular weight is 347 g/mol. The maximum Gasteiger partial charge on any atom is 0.321 e. The van der Waals surface area contributed by atoms with Crippen LogP contribution in [-0.2, 0) is 11.3 Å². The van der Waals surface area contributed by atoms with Gasteiger partial charge in [-0.15, -0.1) is 0 Å². The Balaban J connectivity index is 1.47. The van der Waals surface area contributed by atoms with Crippen LogP contribution in [0.4, 0.5) is 10.5 Å². The molecule has 0 spiro atoms. The number of hydrogen-bond acceptors (Lipinski definition) is 3. The molecule has 2 fully saturated rings. The number of aromatic nitrogens is 2. The lowest BCUT2D eigenvalue weighted by molar-refractivity contribution is -0.122. The van der Waals surface area contributed by atoms with Gasteiger partial charge in [0.25, 0.3) is 0 Å². The Morgan fingerprint density at radius 3 is 2.44 bits per heavy atom. The van der Waals surface area contributed by atoms with E-state index in [1.807, 2.05) is 4.90 Å². The maximum atomic E-state index is 12.4. The van der Waals surface area contributed by atoms with Crippen molar-refractivity contribution < 1.29 is 9.59 Å². The Labute approximate surface area is 149 Å². The zero-order valence-corrected chi connectivity index (χ0v) is 14.9. The monoisotopic (exact) mass is 347 g/mol. The number of urea groups is 1. The number of rotatable bonds is 4. The van der Waals surface area contributed by atoms with E-state index in [2.05, 4.69) is 15.7 Å². The molecule has 7 heteroatoms. The number of carbonyl (C=O) groups is 2. The fraction of sp³-hybridized carbons (Fsp3) is 0.722. The maximum absolute atomic E-state index is 12.4. The molecule has 3 amide bonds. The first-order valence-corrected chi connectivity index (χ1v) is 9.58. The van der Waals surface area contributed by atoms with Crippen LogP contribution in [0.3, 0.4) is 0 Å². The Bertz CT molecular complexity index is 572. The van der Waals surface area contributed by atoms with Crippen LogP contribution in [0, 0.1) is 0 Å². The van der Waals surface area contributed by atoms with E-state index >= 15 is 0 Å². The molecular weight excluding hydrogens is 318 g/mol. The first-order chi connectivity index (χ1) is 12.2. The third kappa shape index (κ3) is 5.47. The van der Waals surface area contributed by atoms with Gasteiger partial charge in [-0.1, -0.05) is 32.1 Å². The predicted molar refractivity (Wildman–Crippen MR) is 96.3 cm³/mol.